The number of amides is 1. The van der Waals surface area contributed by atoms with E-state index in [9.17, 15) is 14.4 Å². The van der Waals surface area contributed by atoms with Gasteiger partial charge in [0.15, 0.2) is 0 Å². The summed E-state index contributed by atoms with van der Waals surface area (Å²) in [4.78, 5) is 34.6. The Bertz CT molecular complexity index is 705. The number of hydrogen-bond donors (Lipinski definition) is 1. The first-order valence-electron chi connectivity index (χ1n) is 6.27. The Morgan fingerprint density at radius 2 is 1.68 bits per heavy atom. The molecule has 0 unspecified atom stereocenters. The minimum atomic E-state index is -0.535. The third-order valence-electron chi connectivity index (χ3n) is 2.59. The zero-order valence-corrected chi connectivity index (χ0v) is 12.7. The van der Waals surface area contributed by atoms with Crippen LogP contribution < -0.4 is 10.1 Å². The van der Waals surface area contributed by atoms with E-state index in [1.54, 1.807) is 12.1 Å². The van der Waals surface area contributed by atoms with Crippen LogP contribution >= 0.6 is 11.3 Å². The number of benzene rings is 1. The summed E-state index contributed by atoms with van der Waals surface area (Å²) in [6, 6.07) is 9.22. The molecular formula is C15H13NO5S. The van der Waals surface area contributed by atoms with Gasteiger partial charge < -0.3 is 14.8 Å². The van der Waals surface area contributed by atoms with Crippen molar-refractivity contribution in [1.82, 2.24) is 0 Å². The fourth-order valence-corrected chi connectivity index (χ4v) is 2.45. The largest absolute Gasteiger partial charge is 0.465 e. The van der Waals surface area contributed by atoms with E-state index in [0.29, 0.717) is 21.2 Å². The maximum Gasteiger partial charge on any atom is 0.353 e. The van der Waals surface area contributed by atoms with Gasteiger partial charge in [0.25, 0.3) is 0 Å². The van der Waals surface area contributed by atoms with Crippen LogP contribution in [0.1, 0.15) is 27.0 Å². The Kier molecular flexibility index (Phi) is 4.90. The first-order chi connectivity index (χ1) is 10.5. The average Bonchev–Trinajstić information content (AvgIpc) is 2.95. The normalized spacial score (nSPS) is 9.91. The van der Waals surface area contributed by atoms with Crippen LogP contribution in [0.2, 0.25) is 0 Å². The number of esters is 2. The Morgan fingerprint density at radius 1 is 1.00 bits per heavy atom. The van der Waals surface area contributed by atoms with Gasteiger partial charge in [-0.2, -0.15) is 0 Å². The van der Waals surface area contributed by atoms with Crippen molar-refractivity contribution in [3.8, 4) is 5.75 Å². The zero-order valence-electron chi connectivity index (χ0n) is 11.9. The molecule has 0 saturated carbocycles. The molecular weight excluding hydrogens is 306 g/mol. The Balaban J connectivity index is 2.03. The minimum absolute atomic E-state index is 0.208. The second kappa shape index (κ2) is 6.86. The van der Waals surface area contributed by atoms with Crippen LogP contribution in [0, 0.1) is 0 Å². The first kappa shape index (κ1) is 15.7. The van der Waals surface area contributed by atoms with Crippen molar-refractivity contribution in [2.45, 2.75) is 6.92 Å². The number of hydrogen-bond acceptors (Lipinski definition) is 6. The summed E-state index contributed by atoms with van der Waals surface area (Å²) >= 11 is 1.12. The smallest absolute Gasteiger partial charge is 0.353 e. The molecule has 7 heteroatoms. The van der Waals surface area contributed by atoms with Gasteiger partial charge in [-0.05, 0) is 36.4 Å². The highest BCUT2D eigenvalue weighted by Crippen LogP contribution is 2.23. The molecule has 0 aliphatic carbocycles. The number of thiophene rings is 1. The minimum Gasteiger partial charge on any atom is -0.465 e. The van der Waals surface area contributed by atoms with E-state index in [2.05, 4.69) is 10.1 Å². The van der Waals surface area contributed by atoms with Gasteiger partial charge >= 0.3 is 11.9 Å². The lowest BCUT2D eigenvalue weighted by molar-refractivity contribution is -0.114. The molecule has 0 aliphatic heterocycles. The number of methoxy groups -OCH3 is 1. The molecule has 22 heavy (non-hydrogen) atoms. The SMILES string of the molecule is COC(=O)c1ccc(OC(=O)c2ccc(NC(C)=O)s2)cc1. The maximum absolute atomic E-state index is 12.0. The highest BCUT2D eigenvalue weighted by atomic mass is 32.1. The highest BCUT2D eigenvalue weighted by molar-refractivity contribution is 7.18. The molecule has 6 nitrogen and oxygen atoms in total. The topological polar surface area (TPSA) is 81.7 Å². The lowest BCUT2D eigenvalue weighted by Crippen LogP contribution is -2.07. The summed E-state index contributed by atoms with van der Waals surface area (Å²) in [5.74, 6) is -0.893. The highest BCUT2D eigenvalue weighted by Gasteiger charge is 2.13. The third-order valence-corrected chi connectivity index (χ3v) is 3.57. The van der Waals surface area contributed by atoms with Crippen molar-refractivity contribution in [3.63, 3.8) is 0 Å². The molecule has 0 fully saturated rings. The van der Waals surface area contributed by atoms with Crippen molar-refractivity contribution in [3.05, 3.63) is 46.8 Å². The van der Waals surface area contributed by atoms with Crippen LogP contribution in [0.25, 0.3) is 0 Å². The predicted molar refractivity (Wildman–Crippen MR) is 81.4 cm³/mol. The maximum atomic E-state index is 12.0. The van der Waals surface area contributed by atoms with Crippen LogP contribution in [-0.2, 0) is 9.53 Å². The summed E-state index contributed by atoms with van der Waals surface area (Å²) in [7, 11) is 1.29. The second-order valence-corrected chi connectivity index (χ2v) is 5.33. The van der Waals surface area contributed by atoms with Gasteiger partial charge in [0.05, 0.1) is 17.7 Å². The molecule has 1 N–H and O–H groups in total. The van der Waals surface area contributed by atoms with E-state index in [0.717, 1.165) is 11.3 Å². The summed E-state index contributed by atoms with van der Waals surface area (Å²) in [6.07, 6.45) is 0. The van der Waals surface area contributed by atoms with Crippen molar-refractivity contribution in [2.24, 2.45) is 0 Å². The predicted octanol–water partition coefficient (Wildman–Crippen LogP) is 2.71. The van der Waals surface area contributed by atoms with E-state index < -0.39 is 11.9 Å². The van der Waals surface area contributed by atoms with Gasteiger partial charge in [-0.15, -0.1) is 11.3 Å². The van der Waals surface area contributed by atoms with Gasteiger partial charge in [-0.3, -0.25) is 4.79 Å². The van der Waals surface area contributed by atoms with Crippen molar-refractivity contribution < 1.29 is 23.9 Å². The molecule has 0 aliphatic rings. The molecule has 0 saturated heterocycles. The standard InChI is InChI=1S/C15H13NO5S/c1-9(17)16-13-8-7-12(22-13)15(19)21-11-5-3-10(4-6-11)14(18)20-2/h3-8H,1-2H3,(H,16,17). The molecule has 1 heterocycles. The van der Waals surface area contributed by atoms with Gasteiger partial charge in [0.2, 0.25) is 5.91 Å². The van der Waals surface area contributed by atoms with Crippen LogP contribution in [-0.4, -0.2) is 25.0 Å². The van der Waals surface area contributed by atoms with Gasteiger partial charge in [0.1, 0.15) is 10.6 Å². The van der Waals surface area contributed by atoms with E-state index in [4.69, 9.17) is 4.74 Å². The lowest BCUT2D eigenvalue weighted by Gasteiger charge is -2.04. The molecule has 2 aromatic rings. The number of rotatable bonds is 4. The molecule has 0 atom stereocenters. The molecule has 0 bridgehead atoms. The Labute approximate surface area is 130 Å². The molecule has 0 spiro atoms. The molecule has 1 aromatic carbocycles. The lowest BCUT2D eigenvalue weighted by atomic mass is 10.2. The van der Waals surface area contributed by atoms with Crippen LogP contribution in [0.4, 0.5) is 5.00 Å². The molecule has 1 amide bonds. The fourth-order valence-electron chi connectivity index (χ4n) is 1.62. The number of carbonyl (C=O) groups excluding carboxylic acids is 3. The first-order valence-corrected chi connectivity index (χ1v) is 7.09. The van der Waals surface area contributed by atoms with Gasteiger partial charge in [-0.25, -0.2) is 9.59 Å². The fraction of sp³-hybridized carbons (Fsp3) is 0.133. The van der Waals surface area contributed by atoms with E-state index in [1.165, 1.54) is 38.3 Å². The van der Waals surface area contributed by atoms with E-state index >= 15 is 0 Å². The van der Waals surface area contributed by atoms with Crippen LogP contribution in [0.15, 0.2) is 36.4 Å². The number of ether oxygens (including phenoxy) is 2. The summed E-state index contributed by atoms with van der Waals surface area (Å²) in [6.45, 7) is 1.39. The average molecular weight is 319 g/mol. The number of anilines is 1. The third kappa shape index (κ3) is 3.92. The Morgan fingerprint density at radius 3 is 2.27 bits per heavy atom. The Hall–Kier alpha value is -2.67. The van der Waals surface area contributed by atoms with Crippen LogP contribution in [0.5, 0.6) is 5.75 Å². The molecule has 114 valence electrons. The molecule has 0 radical (unpaired) electrons. The summed E-state index contributed by atoms with van der Waals surface area (Å²) in [5, 5.41) is 3.16. The van der Waals surface area contributed by atoms with Crippen molar-refractivity contribution in [1.29, 1.82) is 0 Å². The molecule has 1 aromatic heterocycles. The van der Waals surface area contributed by atoms with Gasteiger partial charge in [-0.1, -0.05) is 0 Å². The van der Waals surface area contributed by atoms with Crippen molar-refractivity contribution in [2.75, 3.05) is 12.4 Å². The van der Waals surface area contributed by atoms with Crippen molar-refractivity contribution >= 4 is 34.2 Å². The monoisotopic (exact) mass is 319 g/mol. The van der Waals surface area contributed by atoms with Gasteiger partial charge in [0, 0.05) is 6.92 Å². The zero-order chi connectivity index (χ0) is 16.1. The quantitative estimate of drug-likeness (QED) is 0.692. The van der Waals surface area contributed by atoms with E-state index in [1.807, 2.05) is 0 Å². The summed E-state index contributed by atoms with van der Waals surface area (Å²) < 4.78 is 9.78. The number of nitrogens with one attached hydrogen (secondary N) is 1. The second-order valence-electron chi connectivity index (χ2n) is 4.25. The van der Waals surface area contributed by atoms with Crippen LogP contribution in [0.3, 0.4) is 0 Å². The summed E-state index contributed by atoms with van der Waals surface area (Å²) in [5.41, 5.74) is 0.367. The number of carbonyl (C=O) groups is 3. The molecule has 2 rings (SSSR count). The van der Waals surface area contributed by atoms with E-state index in [-0.39, 0.29) is 5.91 Å².